The Labute approximate surface area is 328 Å². The van der Waals surface area contributed by atoms with Crippen LogP contribution in [0.3, 0.4) is 0 Å². The topological polar surface area (TPSA) is 255 Å². The molecule has 0 aliphatic heterocycles. The van der Waals surface area contributed by atoms with Crippen LogP contribution >= 0.6 is 0 Å². The number of phenols is 1. The van der Waals surface area contributed by atoms with Crippen LogP contribution in [0.5, 0.6) is 17.2 Å². The van der Waals surface area contributed by atoms with Crippen LogP contribution in [0.1, 0.15) is 18.1 Å². The summed E-state index contributed by atoms with van der Waals surface area (Å²) in [6.45, 7) is 3.56. The number of azo groups is 1. The zero-order valence-corrected chi connectivity index (χ0v) is 33.0. The fraction of sp³-hybridized carbons (Fsp3) is 0.0811. The third-order valence-corrected chi connectivity index (χ3v) is 12.8. The van der Waals surface area contributed by atoms with Crippen molar-refractivity contribution in [3.8, 4) is 17.2 Å². The molecule has 0 aliphatic carbocycles. The third kappa shape index (κ3) is 9.06. The number of nitrogens with zero attached hydrogens (tertiary/aromatic N) is 2. The Hall–Kier alpha value is -5.90. The predicted molar refractivity (Wildman–Crippen MR) is 211 cm³/mol. The van der Waals surface area contributed by atoms with Crippen molar-refractivity contribution in [3.63, 3.8) is 0 Å². The molecule has 0 radical (unpaired) electrons. The van der Waals surface area contributed by atoms with Crippen molar-refractivity contribution in [2.45, 2.75) is 39.9 Å². The van der Waals surface area contributed by atoms with E-state index < -0.39 is 78.0 Å². The number of sulfonamides is 2. The minimum atomic E-state index is -5.33. The number of nitrogens with one attached hydrogen (secondary N) is 2. The average Bonchev–Trinajstić information content (AvgIpc) is 3.14. The number of phenolic OH excluding ortho intramolecular Hbond substituents is 1. The van der Waals surface area contributed by atoms with Crippen molar-refractivity contribution in [2.24, 2.45) is 10.2 Å². The summed E-state index contributed by atoms with van der Waals surface area (Å²) in [5, 5.41) is 18.6. The molecule has 6 rings (SSSR count). The fourth-order valence-corrected chi connectivity index (χ4v) is 8.97. The van der Waals surface area contributed by atoms with Crippen LogP contribution in [0.25, 0.3) is 10.8 Å². The Morgan fingerprint density at radius 2 is 1.25 bits per heavy atom. The highest BCUT2D eigenvalue weighted by atomic mass is 32.2. The van der Waals surface area contributed by atoms with Crippen molar-refractivity contribution in [1.82, 2.24) is 0 Å². The van der Waals surface area contributed by atoms with Gasteiger partial charge in [-0.3, -0.25) is 18.5 Å². The van der Waals surface area contributed by atoms with Gasteiger partial charge in [0.2, 0.25) is 0 Å². The summed E-state index contributed by atoms with van der Waals surface area (Å²) >= 11 is 0. The van der Waals surface area contributed by atoms with E-state index in [-0.39, 0.29) is 27.0 Å². The van der Waals surface area contributed by atoms with Crippen LogP contribution in [-0.2, 0) is 46.7 Å². The largest absolute Gasteiger partial charge is 0.505 e. The molecule has 0 aliphatic rings. The Bertz CT molecular complexity index is 3020. The van der Waals surface area contributed by atoms with Crippen LogP contribution in [0, 0.1) is 6.92 Å². The Kier molecular flexibility index (Phi) is 11.1. The highest BCUT2D eigenvalue weighted by Gasteiger charge is 2.28. The molecule has 20 heteroatoms. The van der Waals surface area contributed by atoms with Gasteiger partial charge in [-0.2, -0.15) is 16.8 Å². The zero-order valence-electron chi connectivity index (χ0n) is 29.7. The number of rotatable bonds is 13. The van der Waals surface area contributed by atoms with E-state index in [4.69, 9.17) is 4.74 Å². The van der Waals surface area contributed by atoms with Crippen LogP contribution in [0.15, 0.2) is 145 Å². The van der Waals surface area contributed by atoms with Gasteiger partial charge in [0, 0.05) is 0 Å². The van der Waals surface area contributed by atoms with Gasteiger partial charge in [0.05, 0.1) is 31.4 Å². The van der Waals surface area contributed by atoms with Crippen LogP contribution in [0.2, 0.25) is 0 Å². The fourth-order valence-electron chi connectivity index (χ4n) is 5.58. The van der Waals surface area contributed by atoms with E-state index in [1.807, 2.05) is 6.92 Å². The molecule has 16 nitrogen and oxygen atoms in total. The lowest BCUT2D eigenvalue weighted by Gasteiger charge is -2.16. The molecule has 0 saturated carbocycles. The summed E-state index contributed by atoms with van der Waals surface area (Å²) in [6, 6.07) is 26.1. The number of ether oxygens (including phenoxy) is 1. The molecular formula is C37H32N4O12S4. The van der Waals surface area contributed by atoms with E-state index in [1.54, 1.807) is 61.5 Å². The molecule has 296 valence electrons. The van der Waals surface area contributed by atoms with Gasteiger partial charge >= 0.3 is 0 Å². The van der Waals surface area contributed by atoms with Crippen molar-refractivity contribution in [1.29, 1.82) is 0 Å². The minimum Gasteiger partial charge on any atom is -0.505 e. The highest BCUT2D eigenvalue weighted by molar-refractivity contribution is 7.93. The summed E-state index contributed by atoms with van der Waals surface area (Å²) in [5.41, 5.74) is -0.174. The smallest absolute Gasteiger partial charge is 0.296 e. The Balaban J connectivity index is 1.55. The number of benzene rings is 6. The molecule has 0 aromatic heterocycles. The van der Waals surface area contributed by atoms with Crippen molar-refractivity contribution in [2.75, 3.05) is 9.44 Å². The van der Waals surface area contributed by atoms with E-state index >= 15 is 0 Å². The van der Waals surface area contributed by atoms with Crippen LogP contribution in [0.4, 0.5) is 22.7 Å². The molecule has 0 fully saturated rings. The minimum absolute atomic E-state index is 0.0871. The normalized spacial score (nSPS) is 12.5. The van der Waals surface area contributed by atoms with Gasteiger partial charge in [0.1, 0.15) is 22.0 Å². The maximum Gasteiger partial charge on any atom is 0.296 e. The van der Waals surface area contributed by atoms with E-state index in [9.17, 15) is 47.9 Å². The summed E-state index contributed by atoms with van der Waals surface area (Å²) in [5.74, 6) is -0.915. The summed E-state index contributed by atoms with van der Waals surface area (Å²) in [6.07, 6.45) is 0.513. The second-order valence-electron chi connectivity index (χ2n) is 12.4. The number of aromatic hydroxyl groups is 1. The van der Waals surface area contributed by atoms with Gasteiger partial charge in [-0.25, -0.2) is 16.8 Å². The number of hydrogen-bond acceptors (Lipinski definition) is 12. The summed E-state index contributed by atoms with van der Waals surface area (Å²) in [4.78, 5) is -2.63. The molecule has 0 unspecified atom stereocenters. The first-order valence-corrected chi connectivity index (χ1v) is 22.4. The number of fused-ring (bicyclic) bond motifs is 1. The van der Waals surface area contributed by atoms with E-state index in [1.165, 1.54) is 36.4 Å². The lowest BCUT2D eigenvalue weighted by atomic mass is 10.1. The lowest BCUT2D eigenvalue weighted by Crippen LogP contribution is -2.14. The first-order chi connectivity index (χ1) is 26.8. The van der Waals surface area contributed by atoms with Gasteiger partial charge in [-0.15, -0.1) is 10.2 Å². The SMILES string of the molecule is CCc1ccccc1NS(=O)(=O)c1ccc(Oc2ccccc2)c(N=Nc2c(S(=O)(=O)O)cc3cc(S(=O)(=O)O)cc(NS(=O)(=O)c4ccc(C)cc4)c3c2O)c1. The Morgan fingerprint density at radius 3 is 1.89 bits per heavy atom. The molecule has 0 atom stereocenters. The van der Waals surface area contributed by atoms with Crippen LogP contribution < -0.4 is 14.2 Å². The molecule has 0 saturated heterocycles. The second kappa shape index (κ2) is 15.6. The third-order valence-electron chi connectivity index (χ3n) is 8.39. The molecule has 5 N–H and O–H groups in total. The number of anilines is 2. The first kappa shape index (κ1) is 40.8. The maximum absolute atomic E-state index is 13.6. The Morgan fingerprint density at radius 1 is 0.632 bits per heavy atom. The molecule has 0 amide bonds. The molecule has 57 heavy (non-hydrogen) atoms. The van der Waals surface area contributed by atoms with Crippen molar-refractivity contribution in [3.05, 3.63) is 126 Å². The number of para-hydroxylation sites is 2. The van der Waals surface area contributed by atoms with Gasteiger partial charge in [0.25, 0.3) is 40.3 Å². The zero-order chi connectivity index (χ0) is 41.3. The van der Waals surface area contributed by atoms with Gasteiger partial charge in [0.15, 0.2) is 11.5 Å². The molecular weight excluding hydrogens is 821 g/mol. The summed E-state index contributed by atoms with van der Waals surface area (Å²) < 4.78 is 135. The molecule has 6 aromatic carbocycles. The van der Waals surface area contributed by atoms with Crippen LogP contribution in [-0.4, -0.2) is 47.9 Å². The molecule has 6 aromatic rings. The highest BCUT2D eigenvalue weighted by Crippen LogP contribution is 2.46. The van der Waals surface area contributed by atoms with Gasteiger partial charge in [-0.05, 0) is 91.0 Å². The van der Waals surface area contributed by atoms with Gasteiger partial charge in [-0.1, -0.05) is 61.0 Å². The predicted octanol–water partition coefficient (Wildman–Crippen LogP) is 7.72. The number of aryl methyl sites for hydroxylation is 2. The molecule has 0 spiro atoms. The van der Waals surface area contributed by atoms with E-state index in [0.717, 1.165) is 17.7 Å². The van der Waals surface area contributed by atoms with Gasteiger partial charge < -0.3 is 9.84 Å². The maximum atomic E-state index is 13.6. The monoisotopic (exact) mass is 852 g/mol. The quantitative estimate of drug-likeness (QED) is 0.0553. The lowest BCUT2D eigenvalue weighted by molar-refractivity contribution is 0.472. The number of hydrogen-bond donors (Lipinski definition) is 5. The van der Waals surface area contributed by atoms with Crippen molar-refractivity contribution >= 4 is 73.8 Å². The van der Waals surface area contributed by atoms with E-state index in [0.29, 0.717) is 29.8 Å². The molecule has 0 bridgehead atoms. The second-order valence-corrected chi connectivity index (χ2v) is 18.5. The molecule has 0 heterocycles. The average molecular weight is 853 g/mol. The summed E-state index contributed by atoms with van der Waals surface area (Å²) in [7, 11) is -19.2. The van der Waals surface area contributed by atoms with E-state index in [2.05, 4.69) is 19.7 Å². The van der Waals surface area contributed by atoms with Crippen molar-refractivity contribution < 1.29 is 52.6 Å². The standard InChI is InChI=1S/C37H32N4O12S4/c1-3-24-9-7-8-12-30(24)40-55(45,46)28-17-18-33(53-26-10-5-4-6-11-26)31(21-28)38-39-36-34(57(50,51)52)20-25-19-29(56(47,48)49)22-32(35(25)37(36)42)41-54(43,44)27-15-13-23(2)14-16-27/h4-22,40-42H,3H2,1-2H3,(H,47,48,49)(H,50,51,52). The first-order valence-electron chi connectivity index (χ1n) is 16.5.